The molecule has 2 aliphatic heterocycles. The SMILES string of the molecule is CC(=O)NCC1CCN(C(=O)CC2CCCN2)CC1.Cl. The van der Waals surface area contributed by atoms with Crippen LogP contribution in [0.25, 0.3) is 0 Å². The minimum absolute atomic E-state index is 0. The largest absolute Gasteiger partial charge is 0.356 e. The number of nitrogens with zero attached hydrogens (tertiary/aromatic N) is 1. The number of carbonyl (C=O) groups excluding carboxylic acids is 2. The van der Waals surface area contributed by atoms with Crippen molar-refractivity contribution in [2.45, 2.75) is 45.1 Å². The highest BCUT2D eigenvalue weighted by molar-refractivity contribution is 5.85. The number of rotatable bonds is 4. The Morgan fingerprint density at radius 1 is 1.25 bits per heavy atom. The third-order valence-electron chi connectivity index (χ3n) is 4.19. The molecule has 2 amide bonds. The van der Waals surface area contributed by atoms with E-state index in [0.29, 0.717) is 18.4 Å². The van der Waals surface area contributed by atoms with Gasteiger partial charge in [0, 0.05) is 39.0 Å². The van der Waals surface area contributed by atoms with E-state index in [9.17, 15) is 9.59 Å². The van der Waals surface area contributed by atoms with Crippen LogP contribution in [0.2, 0.25) is 0 Å². The lowest BCUT2D eigenvalue weighted by Gasteiger charge is -2.32. The van der Waals surface area contributed by atoms with Gasteiger partial charge in [0.1, 0.15) is 0 Å². The molecule has 0 aromatic heterocycles. The number of likely N-dealkylation sites (tertiary alicyclic amines) is 1. The number of hydrogen-bond donors (Lipinski definition) is 2. The average Bonchev–Trinajstić information content (AvgIpc) is 2.89. The van der Waals surface area contributed by atoms with Crippen molar-refractivity contribution in [3.05, 3.63) is 0 Å². The van der Waals surface area contributed by atoms with Gasteiger partial charge in [0.05, 0.1) is 0 Å². The Hall–Kier alpha value is -0.810. The second-order valence-corrected chi connectivity index (χ2v) is 5.76. The van der Waals surface area contributed by atoms with Crippen LogP contribution in [0.4, 0.5) is 0 Å². The molecule has 0 radical (unpaired) electrons. The smallest absolute Gasteiger partial charge is 0.224 e. The lowest BCUT2D eigenvalue weighted by molar-refractivity contribution is -0.133. The van der Waals surface area contributed by atoms with Crippen LogP contribution in [-0.4, -0.2) is 48.9 Å². The molecule has 5 nitrogen and oxygen atoms in total. The van der Waals surface area contributed by atoms with Crippen LogP contribution in [0.1, 0.15) is 39.0 Å². The van der Waals surface area contributed by atoms with Gasteiger partial charge in [0.15, 0.2) is 0 Å². The van der Waals surface area contributed by atoms with E-state index in [0.717, 1.165) is 45.4 Å². The summed E-state index contributed by atoms with van der Waals surface area (Å²) in [5.41, 5.74) is 0. The molecule has 0 bridgehead atoms. The van der Waals surface area contributed by atoms with Crippen molar-refractivity contribution in [1.29, 1.82) is 0 Å². The van der Waals surface area contributed by atoms with E-state index in [1.807, 2.05) is 4.90 Å². The molecule has 6 heteroatoms. The molecule has 2 aliphatic rings. The van der Waals surface area contributed by atoms with Crippen LogP contribution in [0.3, 0.4) is 0 Å². The minimum atomic E-state index is 0. The Morgan fingerprint density at radius 3 is 2.50 bits per heavy atom. The van der Waals surface area contributed by atoms with Crippen LogP contribution in [0.5, 0.6) is 0 Å². The summed E-state index contributed by atoms with van der Waals surface area (Å²) in [7, 11) is 0. The van der Waals surface area contributed by atoms with Gasteiger partial charge in [-0.1, -0.05) is 0 Å². The second kappa shape index (κ2) is 8.47. The fraction of sp³-hybridized carbons (Fsp3) is 0.857. The van der Waals surface area contributed by atoms with Crippen LogP contribution in [-0.2, 0) is 9.59 Å². The van der Waals surface area contributed by atoms with Gasteiger partial charge < -0.3 is 15.5 Å². The first kappa shape index (κ1) is 17.2. The molecule has 2 rings (SSSR count). The summed E-state index contributed by atoms with van der Waals surface area (Å²) < 4.78 is 0. The molecular formula is C14H26ClN3O2. The van der Waals surface area contributed by atoms with Crippen molar-refractivity contribution in [1.82, 2.24) is 15.5 Å². The van der Waals surface area contributed by atoms with E-state index in [1.54, 1.807) is 6.92 Å². The van der Waals surface area contributed by atoms with Gasteiger partial charge in [-0.15, -0.1) is 12.4 Å². The highest BCUT2D eigenvalue weighted by Gasteiger charge is 2.25. The summed E-state index contributed by atoms with van der Waals surface area (Å²) in [5, 5.41) is 6.24. The molecule has 2 heterocycles. The number of amides is 2. The van der Waals surface area contributed by atoms with Gasteiger partial charge in [-0.05, 0) is 38.1 Å². The van der Waals surface area contributed by atoms with Crippen molar-refractivity contribution >= 4 is 24.2 Å². The summed E-state index contributed by atoms with van der Waals surface area (Å²) in [5.74, 6) is 0.848. The van der Waals surface area contributed by atoms with Crippen molar-refractivity contribution in [3.8, 4) is 0 Å². The van der Waals surface area contributed by atoms with Gasteiger partial charge in [-0.2, -0.15) is 0 Å². The van der Waals surface area contributed by atoms with Gasteiger partial charge in [0.25, 0.3) is 0 Å². The molecule has 0 spiro atoms. The lowest BCUT2D eigenvalue weighted by Crippen LogP contribution is -2.43. The Kier molecular flexibility index (Phi) is 7.30. The maximum atomic E-state index is 12.1. The highest BCUT2D eigenvalue weighted by atomic mass is 35.5. The molecule has 0 saturated carbocycles. The lowest BCUT2D eigenvalue weighted by atomic mass is 9.96. The fourth-order valence-corrected chi connectivity index (χ4v) is 2.95. The number of halogens is 1. The topological polar surface area (TPSA) is 61.4 Å². The normalized spacial score (nSPS) is 23.2. The zero-order valence-electron chi connectivity index (χ0n) is 12.2. The molecule has 116 valence electrons. The zero-order valence-corrected chi connectivity index (χ0v) is 13.0. The number of hydrogen-bond acceptors (Lipinski definition) is 3. The van der Waals surface area contributed by atoms with E-state index >= 15 is 0 Å². The van der Waals surface area contributed by atoms with Crippen LogP contribution in [0, 0.1) is 5.92 Å². The first-order chi connectivity index (χ1) is 9.15. The maximum absolute atomic E-state index is 12.1. The molecule has 2 fully saturated rings. The number of carbonyl (C=O) groups is 2. The summed E-state index contributed by atoms with van der Waals surface area (Å²) >= 11 is 0. The molecule has 20 heavy (non-hydrogen) atoms. The molecule has 0 aliphatic carbocycles. The third kappa shape index (κ3) is 5.29. The van der Waals surface area contributed by atoms with Crippen LogP contribution in [0.15, 0.2) is 0 Å². The Labute approximate surface area is 127 Å². The first-order valence-electron chi connectivity index (χ1n) is 7.40. The van der Waals surface area contributed by atoms with Crippen molar-refractivity contribution in [2.24, 2.45) is 5.92 Å². The average molecular weight is 304 g/mol. The summed E-state index contributed by atoms with van der Waals surface area (Å²) in [4.78, 5) is 25.0. The minimum Gasteiger partial charge on any atom is -0.356 e. The third-order valence-corrected chi connectivity index (χ3v) is 4.19. The Balaban J connectivity index is 0.00000200. The fourth-order valence-electron chi connectivity index (χ4n) is 2.95. The summed E-state index contributed by atoms with van der Waals surface area (Å²) in [6, 6.07) is 0.393. The standard InChI is InChI=1S/C14H25N3O2.ClH/c1-11(18)16-10-12-4-7-17(8-5-12)14(19)9-13-3-2-6-15-13;/h12-13,15H,2-10H2,1H3,(H,16,18);1H. The highest BCUT2D eigenvalue weighted by Crippen LogP contribution is 2.18. The van der Waals surface area contributed by atoms with E-state index in [2.05, 4.69) is 10.6 Å². The number of piperidine rings is 1. The maximum Gasteiger partial charge on any atom is 0.224 e. The second-order valence-electron chi connectivity index (χ2n) is 5.76. The quantitative estimate of drug-likeness (QED) is 0.812. The van der Waals surface area contributed by atoms with Gasteiger partial charge in [0.2, 0.25) is 11.8 Å². The van der Waals surface area contributed by atoms with Crippen molar-refractivity contribution < 1.29 is 9.59 Å². The zero-order chi connectivity index (χ0) is 13.7. The monoisotopic (exact) mass is 303 g/mol. The van der Waals surface area contributed by atoms with Gasteiger partial charge >= 0.3 is 0 Å². The molecule has 0 aromatic carbocycles. The van der Waals surface area contributed by atoms with Crippen LogP contribution < -0.4 is 10.6 Å². The first-order valence-corrected chi connectivity index (χ1v) is 7.40. The Morgan fingerprint density at radius 2 is 1.95 bits per heavy atom. The van der Waals surface area contributed by atoms with E-state index in [4.69, 9.17) is 0 Å². The summed E-state index contributed by atoms with van der Waals surface area (Å²) in [6.45, 7) is 5.04. The van der Waals surface area contributed by atoms with Gasteiger partial charge in [-0.25, -0.2) is 0 Å². The molecule has 1 atom stereocenters. The molecular weight excluding hydrogens is 278 g/mol. The van der Waals surface area contributed by atoms with Gasteiger partial charge in [-0.3, -0.25) is 9.59 Å². The molecule has 2 N–H and O–H groups in total. The molecule has 0 aromatic rings. The molecule has 1 unspecified atom stereocenters. The predicted molar refractivity (Wildman–Crippen MR) is 80.9 cm³/mol. The molecule has 2 saturated heterocycles. The summed E-state index contributed by atoms with van der Waals surface area (Å²) in [6.07, 6.45) is 4.98. The Bertz CT molecular complexity index is 324. The van der Waals surface area contributed by atoms with Crippen molar-refractivity contribution in [2.75, 3.05) is 26.2 Å². The van der Waals surface area contributed by atoms with E-state index < -0.39 is 0 Å². The van der Waals surface area contributed by atoms with Crippen molar-refractivity contribution in [3.63, 3.8) is 0 Å². The predicted octanol–water partition coefficient (Wildman–Crippen LogP) is 0.925. The van der Waals surface area contributed by atoms with Crippen LogP contribution >= 0.6 is 12.4 Å². The number of nitrogens with one attached hydrogen (secondary N) is 2. The van der Waals surface area contributed by atoms with E-state index in [-0.39, 0.29) is 24.2 Å². The van der Waals surface area contributed by atoms with E-state index in [1.165, 1.54) is 6.42 Å².